The van der Waals surface area contributed by atoms with Crippen LogP contribution in [0.3, 0.4) is 0 Å². The lowest BCUT2D eigenvalue weighted by atomic mass is 10.2. The number of nitrogens with one attached hydrogen (secondary N) is 2. The molecule has 0 aliphatic carbocycles. The quantitative estimate of drug-likeness (QED) is 0.344. The fourth-order valence-corrected chi connectivity index (χ4v) is 2.24. The molecule has 0 radical (unpaired) electrons. The Kier molecular flexibility index (Phi) is 5.18. The number of carbonyl (C=O) groups excluding carboxylic acids is 2. The first-order valence-corrected chi connectivity index (χ1v) is 7.83. The Hall–Kier alpha value is -4.06. The molecule has 3 rings (SSSR count). The maximum Gasteiger partial charge on any atom is 0.325 e. The second-order valence-corrected chi connectivity index (χ2v) is 5.36. The SMILES string of the molecule is N#C/C(=C(/O)COC(=O)CNC(=O)c1ccco1)c1nc2ccccc2[nH]1. The van der Waals surface area contributed by atoms with E-state index in [4.69, 9.17) is 9.15 Å². The number of furan rings is 1. The van der Waals surface area contributed by atoms with Crippen LogP contribution in [0.1, 0.15) is 16.4 Å². The summed E-state index contributed by atoms with van der Waals surface area (Å²) in [7, 11) is 0. The smallest absolute Gasteiger partial charge is 0.325 e. The number of fused-ring (bicyclic) bond motifs is 1. The van der Waals surface area contributed by atoms with Gasteiger partial charge in [0.1, 0.15) is 24.8 Å². The lowest BCUT2D eigenvalue weighted by Crippen LogP contribution is -2.30. The molecule has 1 amide bonds. The Morgan fingerprint density at radius 2 is 2.11 bits per heavy atom. The highest BCUT2D eigenvalue weighted by Gasteiger charge is 2.16. The molecule has 3 aromatic rings. The zero-order chi connectivity index (χ0) is 19.2. The number of hydrogen-bond acceptors (Lipinski definition) is 7. The highest BCUT2D eigenvalue weighted by molar-refractivity contribution is 5.93. The lowest BCUT2D eigenvalue weighted by molar-refractivity contribution is -0.142. The van der Waals surface area contributed by atoms with E-state index in [9.17, 15) is 20.0 Å². The van der Waals surface area contributed by atoms with E-state index >= 15 is 0 Å². The summed E-state index contributed by atoms with van der Waals surface area (Å²) in [6.07, 6.45) is 1.33. The molecule has 0 unspecified atom stereocenters. The number of aromatic amines is 1. The van der Waals surface area contributed by atoms with Crippen LogP contribution in [0.4, 0.5) is 0 Å². The topological polar surface area (TPSA) is 141 Å². The first kappa shape index (κ1) is 17.8. The third-order valence-corrected chi connectivity index (χ3v) is 3.53. The third-order valence-electron chi connectivity index (χ3n) is 3.53. The van der Waals surface area contributed by atoms with Gasteiger partial charge >= 0.3 is 5.97 Å². The van der Waals surface area contributed by atoms with E-state index in [2.05, 4.69) is 15.3 Å². The van der Waals surface area contributed by atoms with Crippen LogP contribution >= 0.6 is 0 Å². The summed E-state index contributed by atoms with van der Waals surface area (Å²) in [5.74, 6) is -1.59. The molecular weight excluding hydrogens is 352 g/mol. The van der Waals surface area contributed by atoms with Crippen molar-refractivity contribution in [1.29, 1.82) is 5.26 Å². The monoisotopic (exact) mass is 366 g/mol. The summed E-state index contributed by atoms with van der Waals surface area (Å²) in [5.41, 5.74) is 1.19. The van der Waals surface area contributed by atoms with Crippen LogP contribution in [-0.4, -0.2) is 40.1 Å². The first-order valence-electron chi connectivity index (χ1n) is 7.83. The molecule has 0 aliphatic rings. The van der Waals surface area contributed by atoms with Gasteiger partial charge in [-0.25, -0.2) is 4.98 Å². The molecule has 0 fully saturated rings. The summed E-state index contributed by atoms with van der Waals surface area (Å²) in [5, 5.41) is 21.7. The predicted molar refractivity (Wildman–Crippen MR) is 93.3 cm³/mol. The molecule has 1 aromatic carbocycles. The summed E-state index contributed by atoms with van der Waals surface area (Å²) in [6, 6.07) is 11.9. The molecule has 0 spiro atoms. The zero-order valence-electron chi connectivity index (χ0n) is 13.9. The fourth-order valence-electron chi connectivity index (χ4n) is 2.24. The van der Waals surface area contributed by atoms with Crippen LogP contribution < -0.4 is 5.32 Å². The maximum absolute atomic E-state index is 11.7. The molecule has 3 N–H and O–H groups in total. The molecule has 9 nitrogen and oxygen atoms in total. The Morgan fingerprint density at radius 3 is 2.81 bits per heavy atom. The van der Waals surface area contributed by atoms with Crippen LogP contribution in [0.25, 0.3) is 16.6 Å². The number of ether oxygens (including phenoxy) is 1. The van der Waals surface area contributed by atoms with E-state index in [0.29, 0.717) is 11.0 Å². The van der Waals surface area contributed by atoms with Crippen molar-refractivity contribution in [2.45, 2.75) is 0 Å². The number of carbonyl (C=O) groups is 2. The number of hydrogen-bond donors (Lipinski definition) is 3. The van der Waals surface area contributed by atoms with Crippen molar-refractivity contribution in [3.8, 4) is 6.07 Å². The van der Waals surface area contributed by atoms with Gasteiger partial charge in [0.05, 0.1) is 17.3 Å². The number of aliphatic hydroxyl groups excluding tert-OH is 1. The van der Waals surface area contributed by atoms with Gasteiger partial charge < -0.3 is 24.6 Å². The fraction of sp³-hybridized carbons (Fsp3) is 0.111. The number of aromatic nitrogens is 2. The van der Waals surface area contributed by atoms with Gasteiger partial charge in [0.15, 0.2) is 17.3 Å². The number of esters is 1. The van der Waals surface area contributed by atoms with Gasteiger partial charge in [0, 0.05) is 0 Å². The van der Waals surface area contributed by atoms with E-state index < -0.39 is 30.8 Å². The molecule has 0 atom stereocenters. The molecule has 0 aliphatic heterocycles. The van der Waals surface area contributed by atoms with Crippen molar-refractivity contribution in [1.82, 2.24) is 15.3 Å². The zero-order valence-corrected chi connectivity index (χ0v) is 13.9. The number of imidazole rings is 1. The van der Waals surface area contributed by atoms with E-state index in [-0.39, 0.29) is 17.2 Å². The summed E-state index contributed by atoms with van der Waals surface area (Å²) in [6.45, 7) is -0.950. The highest BCUT2D eigenvalue weighted by Crippen LogP contribution is 2.18. The minimum atomic E-state index is -0.789. The summed E-state index contributed by atoms with van der Waals surface area (Å²) < 4.78 is 9.75. The van der Waals surface area contributed by atoms with Crippen molar-refractivity contribution in [3.05, 3.63) is 60.0 Å². The van der Waals surface area contributed by atoms with E-state index in [1.165, 1.54) is 18.4 Å². The molecule has 9 heteroatoms. The number of aliphatic hydroxyl groups is 1. The number of benzene rings is 1. The number of rotatable bonds is 6. The van der Waals surface area contributed by atoms with Crippen LogP contribution in [0.15, 0.2) is 52.8 Å². The molecular formula is C18H14N4O5. The number of amides is 1. The predicted octanol–water partition coefficient (Wildman–Crippen LogP) is 1.92. The molecule has 2 heterocycles. The second-order valence-electron chi connectivity index (χ2n) is 5.36. The molecule has 0 saturated heterocycles. The average molecular weight is 366 g/mol. The van der Waals surface area contributed by atoms with Crippen LogP contribution in [0, 0.1) is 11.3 Å². The molecule has 0 saturated carbocycles. The van der Waals surface area contributed by atoms with Gasteiger partial charge in [-0.1, -0.05) is 12.1 Å². The second kappa shape index (κ2) is 7.88. The molecule has 0 bridgehead atoms. The third kappa shape index (κ3) is 4.13. The van der Waals surface area contributed by atoms with Gasteiger partial charge in [0.2, 0.25) is 0 Å². The lowest BCUT2D eigenvalue weighted by Gasteiger charge is -2.06. The van der Waals surface area contributed by atoms with E-state index in [1.807, 2.05) is 6.07 Å². The molecule has 2 aromatic heterocycles. The minimum absolute atomic E-state index is 0.0576. The van der Waals surface area contributed by atoms with Gasteiger partial charge in [-0.2, -0.15) is 5.26 Å². The van der Waals surface area contributed by atoms with Crippen molar-refractivity contribution >= 4 is 28.5 Å². The van der Waals surface area contributed by atoms with Gasteiger partial charge in [0.25, 0.3) is 5.91 Å². The van der Waals surface area contributed by atoms with Crippen LogP contribution in [0.5, 0.6) is 0 Å². The number of nitrogens with zero attached hydrogens (tertiary/aromatic N) is 2. The van der Waals surface area contributed by atoms with Crippen molar-refractivity contribution in [2.75, 3.05) is 13.2 Å². The maximum atomic E-state index is 11.7. The van der Waals surface area contributed by atoms with Gasteiger partial charge in [-0.05, 0) is 24.3 Å². The molecule has 27 heavy (non-hydrogen) atoms. The Balaban J connectivity index is 1.60. The molecule has 136 valence electrons. The van der Waals surface area contributed by atoms with Crippen LogP contribution in [-0.2, 0) is 9.53 Å². The standard InChI is InChI=1S/C18H14N4O5/c19-8-11(17-21-12-4-1-2-5-13(12)22-17)14(23)10-27-16(24)9-20-18(25)15-6-3-7-26-15/h1-7,23H,9-10H2,(H,20,25)(H,21,22)/b14-11-. The number of para-hydroxylation sites is 2. The van der Waals surface area contributed by atoms with Gasteiger partial charge in [-0.3, -0.25) is 9.59 Å². The van der Waals surface area contributed by atoms with Gasteiger partial charge in [-0.15, -0.1) is 0 Å². The van der Waals surface area contributed by atoms with Crippen LogP contribution in [0.2, 0.25) is 0 Å². The van der Waals surface area contributed by atoms with E-state index in [1.54, 1.807) is 24.3 Å². The van der Waals surface area contributed by atoms with Crippen molar-refractivity contribution < 1.29 is 23.8 Å². The number of allylic oxidation sites excluding steroid dienone is 1. The van der Waals surface area contributed by atoms with E-state index in [0.717, 1.165) is 0 Å². The minimum Gasteiger partial charge on any atom is -0.507 e. The first-order chi connectivity index (χ1) is 13.1. The summed E-state index contributed by atoms with van der Waals surface area (Å²) >= 11 is 0. The Bertz CT molecular complexity index is 1010. The largest absolute Gasteiger partial charge is 0.507 e. The Morgan fingerprint density at radius 1 is 1.30 bits per heavy atom. The number of nitriles is 1. The highest BCUT2D eigenvalue weighted by atomic mass is 16.5. The van der Waals surface area contributed by atoms with Crippen molar-refractivity contribution in [3.63, 3.8) is 0 Å². The Labute approximate surface area is 152 Å². The average Bonchev–Trinajstić information content (AvgIpc) is 3.34. The normalized spacial score (nSPS) is 11.5. The van der Waals surface area contributed by atoms with Crippen molar-refractivity contribution in [2.24, 2.45) is 0 Å². The summed E-state index contributed by atoms with van der Waals surface area (Å²) in [4.78, 5) is 30.5. The number of H-pyrrole nitrogens is 1.